The quantitative estimate of drug-likeness (QED) is 0.888. The van der Waals surface area contributed by atoms with Crippen LogP contribution in [-0.2, 0) is 0 Å². The van der Waals surface area contributed by atoms with Crippen LogP contribution in [0.3, 0.4) is 0 Å². The number of piperidine rings is 1. The van der Waals surface area contributed by atoms with Gasteiger partial charge in [-0.05, 0) is 46.8 Å². The van der Waals surface area contributed by atoms with Gasteiger partial charge in [-0.3, -0.25) is 4.79 Å². The van der Waals surface area contributed by atoms with Crippen molar-refractivity contribution in [2.45, 2.75) is 19.8 Å². The fourth-order valence-corrected chi connectivity index (χ4v) is 2.95. The van der Waals surface area contributed by atoms with Gasteiger partial charge < -0.3 is 10.2 Å². The van der Waals surface area contributed by atoms with Gasteiger partial charge in [0.25, 0.3) is 5.91 Å². The largest absolute Gasteiger partial charge is 0.341 e. The third-order valence-corrected chi connectivity index (χ3v) is 4.78. The molecule has 23 heavy (non-hydrogen) atoms. The molecule has 1 fully saturated rings. The summed E-state index contributed by atoms with van der Waals surface area (Å²) in [6.45, 7) is 4.22. The molecule has 1 aromatic heterocycles. The number of para-hydroxylation sites is 1. The van der Waals surface area contributed by atoms with E-state index in [9.17, 15) is 4.79 Å². The van der Waals surface area contributed by atoms with Crippen molar-refractivity contribution in [3.8, 4) is 0 Å². The molecule has 0 saturated carbocycles. The van der Waals surface area contributed by atoms with Crippen molar-refractivity contribution in [1.82, 2.24) is 9.97 Å². The van der Waals surface area contributed by atoms with Crippen molar-refractivity contribution in [2.75, 3.05) is 23.3 Å². The van der Waals surface area contributed by atoms with Gasteiger partial charge in [0.15, 0.2) is 0 Å². The number of benzene rings is 1. The summed E-state index contributed by atoms with van der Waals surface area (Å²) in [5.74, 6) is 1.26. The molecule has 2 aromatic rings. The molecule has 2 heterocycles. The van der Waals surface area contributed by atoms with Gasteiger partial charge in [-0.25, -0.2) is 9.97 Å². The van der Waals surface area contributed by atoms with Crippen LogP contribution in [0.4, 0.5) is 11.6 Å². The van der Waals surface area contributed by atoms with E-state index in [0.717, 1.165) is 42.0 Å². The summed E-state index contributed by atoms with van der Waals surface area (Å²) in [6, 6.07) is 7.49. The second-order valence-electron chi connectivity index (χ2n) is 5.88. The monoisotopic (exact) mass is 374 g/mol. The third kappa shape index (κ3) is 3.88. The molecular weight excluding hydrogens is 356 g/mol. The normalized spacial score (nSPS) is 15.5. The van der Waals surface area contributed by atoms with Crippen molar-refractivity contribution in [3.63, 3.8) is 0 Å². The van der Waals surface area contributed by atoms with Gasteiger partial charge in [-0.2, -0.15) is 0 Å². The minimum absolute atomic E-state index is 0.212. The number of carbonyl (C=O) groups excluding carboxylic acids is 1. The lowest BCUT2D eigenvalue weighted by molar-refractivity contribution is 0.102. The number of nitrogens with one attached hydrogen (secondary N) is 1. The number of halogens is 1. The summed E-state index contributed by atoms with van der Waals surface area (Å²) >= 11 is 3.41. The Morgan fingerprint density at radius 3 is 2.52 bits per heavy atom. The molecule has 0 atom stereocenters. The summed E-state index contributed by atoms with van der Waals surface area (Å²) in [5.41, 5.74) is 1.18. The minimum atomic E-state index is -0.212. The maximum atomic E-state index is 12.3. The predicted octanol–water partition coefficient (Wildman–Crippen LogP) is 3.73. The molecule has 1 saturated heterocycles. The highest BCUT2D eigenvalue weighted by atomic mass is 79.9. The standard InChI is InChI=1S/C17H19BrN4O/c1-12-6-8-22(9-7-12)17-19-10-13(11-20-17)16(23)21-15-5-3-2-4-14(15)18/h2-5,10-12H,6-9H2,1H3,(H,21,23). The molecule has 1 amide bonds. The Balaban J connectivity index is 1.67. The SMILES string of the molecule is CC1CCN(c2ncc(C(=O)Nc3ccccc3Br)cn2)CC1. The van der Waals surface area contributed by atoms with Crippen LogP contribution in [0.2, 0.25) is 0 Å². The highest BCUT2D eigenvalue weighted by Crippen LogP contribution is 2.22. The van der Waals surface area contributed by atoms with Gasteiger partial charge in [0.2, 0.25) is 5.95 Å². The molecule has 0 bridgehead atoms. The molecule has 0 unspecified atom stereocenters. The maximum Gasteiger partial charge on any atom is 0.258 e. The second-order valence-corrected chi connectivity index (χ2v) is 6.73. The molecule has 0 aliphatic carbocycles. The van der Waals surface area contributed by atoms with E-state index in [1.807, 2.05) is 24.3 Å². The van der Waals surface area contributed by atoms with Gasteiger partial charge in [0, 0.05) is 30.0 Å². The molecule has 1 aliphatic heterocycles. The van der Waals surface area contributed by atoms with Crippen LogP contribution in [0.25, 0.3) is 0 Å². The zero-order valence-corrected chi connectivity index (χ0v) is 14.6. The predicted molar refractivity (Wildman–Crippen MR) is 94.7 cm³/mol. The number of carbonyl (C=O) groups is 1. The first-order valence-electron chi connectivity index (χ1n) is 7.76. The van der Waals surface area contributed by atoms with Crippen LogP contribution < -0.4 is 10.2 Å². The van der Waals surface area contributed by atoms with Crippen molar-refractivity contribution in [2.24, 2.45) is 5.92 Å². The van der Waals surface area contributed by atoms with Gasteiger partial charge in [0.1, 0.15) is 0 Å². The summed E-state index contributed by atoms with van der Waals surface area (Å²) in [7, 11) is 0. The average Bonchev–Trinajstić information content (AvgIpc) is 2.58. The molecule has 120 valence electrons. The van der Waals surface area contributed by atoms with Crippen LogP contribution in [0.1, 0.15) is 30.1 Å². The lowest BCUT2D eigenvalue weighted by Gasteiger charge is -2.30. The lowest BCUT2D eigenvalue weighted by Crippen LogP contribution is -2.34. The molecule has 6 heteroatoms. The molecule has 1 N–H and O–H groups in total. The van der Waals surface area contributed by atoms with E-state index in [1.165, 1.54) is 0 Å². The van der Waals surface area contributed by atoms with Gasteiger partial charge >= 0.3 is 0 Å². The Labute approximate surface area is 144 Å². The summed E-state index contributed by atoms with van der Waals surface area (Å²) in [5, 5.41) is 2.85. The van der Waals surface area contributed by atoms with Crippen molar-refractivity contribution < 1.29 is 4.79 Å². The minimum Gasteiger partial charge on any atom is -0.341 e. The molecule has 5 nitrogen and oxygen atoms in total. The van der Waals surface area contributed by atoms with Crippen molar-refractivity contribution >= 4 is 33.5 Å². The van der Waals surface area contributed by atoms with Crippen LogP contribution in [0.5, 0.6) is 0 Å². The second kappa shape index (κ2) is 7.08. The zero-order chi connectivity index (χ0) is 16.2. The van der Waals surface area contributed by atoms with E-state index in [4.69, 9.17) is 0 Å². The Kier molecular flexibility index (Phi) is 4.91. The van der Waals surface area contributed by atoms with Crippen LogP contribution >= 0.6 is 15.9 Å². The lowest BCUT2D eigenvalue weighted by atomic mass is 10.00. The molecule has 1 aromatic carbocycles. The number of nitrogens with zero attached hydrogens (tertiary/aromatic N) is 3. The van der Waals surface area contributed by atoms with Crippen LogP contribution in [0, 0.1) is 5.92 Å². The Bertz CT molecular complexity index is 681. The number of hydrogen-bond acceptors (Lipinski definition) is 4. The van der Waals surface area contributed by atoms with Gasteiger partial charge in [0.05, 0.1) is 11.3 Å². The summed E-state index contributed by atoms with van der Waals surface area (Å²) in [6.07, 6.45) is 5.50. The van der Waals surface area contributed by atoms with E-state index < -0.39 is 0 Å². The molecule has 1 aliphatic rings. The first-order valence-corrected chi connectivity index (χ1v) is 8.55. The first kappa shape index (κ1) is 15.9. The average molecular weight is 375 g/mol. The van der Waals surface area contributed by atoms with E-state index in [1.54, 1.807) is 12.4 Å². The fraction of sp³-hybridized carbons (Fsp3) is 0.353. The number of aromatic nitrogens is 2. The van der Waals surface area contributed by atoms with Crippen LogP contribution in [0.15, 0.2) is 41.1 Å². The van der Waals surface area contributed by atoms with Crippen molar-refractivity contribution in [3.05, 3.63) is 46.7 Å². The van der Waals surface area contributed by atoms with Gasteiger partial charge in [-0.15, -0.1) is 0 Å². The van der Waals surface area contributed by atoms with E-state index in [2.05, 4.69) is 43.0 Å². The topological polar surface area (TPSA) is 58.1 Å². The zero-order valence-electron chi connectivity index (χ0n) is 13.0. The summed E-state index contributed by atoms with van der Waals surface area (Å²) in [4.78, 5) is 23.2. The number of anilines is 2. The first-order chi connectivity index (χ1) is 11.1. The third-order valence-electron chi connectivity index (χ3n) is 4.09. The van der Waals surface area contributed by atoms with E-state index >= 15 is 0 Å². The molecular formula is C17H19BrN4O. The highest BCUT2D eigenvalue weighted by Gasteiger charge is 2.18. The molecule has 0 radical (unpaired) electrons. The number of hydrogen-bond donors (Lipinski definition) is 1. The Hall–Kier alpha value is -1.95. The van der Waals surface area contributed by atoms with Gasteiger partial charge in [-0.1, -0.05) is 19.1 Å². The van der Waals surface area contributed by atoms with Crippen LogP contribution in [-0.4, -0.2) is 29.0 Å². The maximum absolute atomic E-state index is 12.3. The number of amides is 1. The Morgan fingerprint density at radius 1 is 1.22 bits per heavy atom. The number of rotatable bonds is 3. The van der Waals surface area contributed by atoms with E-state index in [-0.39, 0.29) is 5.91 Å². The van der Waals surface area contributed by atoms with E-state index in [0.29, 0.717) is 11.5 Å². The van der Waals surface area contributed by atoms with Crippen molar-refractivity contribution in [1.29, 1.82) is 0 Å². The Morgan fingerprint density at radius 2 is 1.87 bits per heavy atom. The summed E-state index contributed by atoms with van der Waals surface area (Å²) < 4.78 is 0.841. The molecule has 3 rings (SSSR count). The molecule has 0 spiro atoms. The fourth-order valence-electron chi connectivity index (χ4n) is 2.57. The highest BCUT2D eigenvalue weighted by molar-refractivity contribution is 9.10. The smallest absolute Gasteiger partial charge is 0.258 e.